The van der Waals surface area contributed by atoms with Crippen molar-refractivity contribution in [2.75, 3.05) is 6.54 Å². The topological polar surface area (TPSA) is 29.5 Å². The zero-order chi connectivity index (χ0) is 10.8. The van der Waals surface area contributed by atoms with E-state index in [1.807, 2.05) is 20.8 Å². The number of hydrogen-bond donors (Lipinski definition) is 0. The molecule has 0 aromatic heterocycles. The molecule has 1 aliphatic heterocycles. The van der Waals surface area contributed by atoms with E-state index >= 15 is 0 Å². The molecule has 13 heavy (non-hydrogen) atoms. The molecule has 0 N–H and O–H groups in total. The van der Waals surface area contributed by atoms with E-state index in [4.69, 9.17) is 6.11 Å². The van der Waals surface area contributed by atoms with Gasteiger partial charge in [-0.2, -0.15) is 0 Å². The summed E-state index contributed by atoms with van der Waals surface area (Å²) in [5.41, 5.74) is -0.438. The van der Waals surface area contributed by atoms with Crippen LogP contribution in [0.15, 0.2) is 0 Å². The molecule has 1 rings (SSSR count). The lowest BCUT2D eigenvalue weighted by atomic mass is 10.2. The average molecular weight is 186 g/mol. The second-order valence-electron chi connectivity index (χ2n) is 4.47. The lowest BCUT2D eigenvalue weighted by Gasteiger charge is -2.26. The molecule has 3 heteroatoms. The Balaban J connectivity index is 2.52. The number of carbonyl (C=O) groups is 1. The lowest BCUT2D eigenvalue weighted by molar-refractivity contribution is 0.0239. The second-order valence-corrected chi connectivity index (χ2v) is 4.47. The number of likely N-dealkylation sites (tertiary alicyclic amines) is 1. The predicted octanol–water partition coefficient (Wildman–Crippen LogP) is 2.41. The smallest absolute Gasteiger partial charge is 0.410 e. The van der Waals surface area contributed by atoms with Gasteiger partial charge in [-0.3, -0.25) is 0 Å². The molecule has 1 saturated heterocycles. The number of carbonyl (C=O) groups excluding carboxylic acids is 1. The third-order valence-corrected chi connectivity index (χ3v) is 2.01. The Labute approximate surface area is 81.5 Å². The summed E-state index contributed by atoms with van der Waals surface area (Å²) in [6.45, 7) is 6.59. The van der Waals surface area contributed by atoms with Gasteiger partial charge in [-0.05, 0) is 40.5 Å². The molecule has 0 saturated carbocycles. The fourth-order valence-electron chi connectivity index (χ4n) is 1.40. The summed E-state index contributed by atoms with van der Waals surface area (Å²) in [6.07, 6.45) is 1.65. The molecule has 76 valence electrons. The Bertz CT molecular complexity index is 213. The van der Waals surface area contributed by atoms with Crippen molar-refractivity contribution < 1.29 is 10.9 Å². The zero-order valence-electron chi connectivity index (χ0n) is 9.67. The number of rotatable bonds is 0. The summed E-state index contributed by atoms with van der Waals surface area (Å²) in [6, 6.07) is 0.0600. The van der Waals surface area contributed by atoms with E-state index in [0.717, 1.165) is 19.4 Å². The van der Waals surface area contributed by atoms with Gasteiger partial charge in [-0.15, -0.1) is 0 Å². The molecule has 1 aliphatic rings. The van der Waals surface area contributed by atoms with Gasteiger partial charge in [-0.25, -0.2) is 4.79 Å². The normalized spacial score (nSPS) is 24.4. The molecule has 0 radical (unpaired) electrons. The Morgan fingerprint density at radius 1 is 1.62 bits per heavy atom. The van der Waals surface area contributed by atoms with Crippen molar-refractivity contribution in [3.8, 4) is 0 Å². The molecule has 1 fully saturated rings. The molecule has 0 aliphatic carbocycles. The van der Waals surface area contributed by atoms with Gasteiger partial charge in [0.05, 0.1) is 0 Å². The third-order valence-electron chi connectivity index (χ3n) is 2.01. The van der Waals surface area contributed by atoms with E-state index in [-0.39, 0.29) is 19.0 Å². The van der Waals surface area contributed by atoms with E-state index in [1.165, 1.54) is 0 Å². The van der Waals surface area contributed by atoms with Crippen molar-refractivity contribution in [1.82, 2.24) is 4.90 Å². The largest absolute Gasteiger partial charge is 0.444 e. The lowest BCUT2D eigenvalue weighted by Crippen LogP contribution is -2.38. The van der Waals surface area contributed by atoms with Crippen molar-refractivity contribution in [2.24, 2.45) is 0 Å². The van der Waals surface area contributed by atoms with Crippen LogP contribution >= 0.6 is 0 Å². The van der Waals surface area contributed by atoms with Crippen molar-refractivity contribution >= 4 is 6.09 Å². The fraction of sp³-hybridized carbons (Fsp3) is 0.900. The fourth-order valence-corrected chi connectivity index (χ4v) is 1.40. The minimum absolute atomic E-state index is 0.0600. The van der Waals surface area contributed by atoms with E-state index in [9.17, 15) is 4.79 Å². The summed E-state index contributed by atoms with van der Waals surface area (Å²) >= 11 is 0. The summed E-state index contributed by atoms with van der Waals surface area (Å²) in [4.78, 5) is 13.3. The Morgan fingerprint density at radius 2 is 2.31 bits per heavy atom. The van der Waals surface area contributed by atoms with Gasteiger partial charge < -0.3 is 9.64 Å². The van der Waals surface area contributed by atoms with Crippen LogP contribution in [-0.4, -0.2) is 29.2 Å². The van der Waals surface area contributed by atoms with Gasteiger partial charge in [-0.1, -0.05) is 0 Å². The van der Waals surface area contributed by atoms with Crippen LogP contribution in [-0.2, 0) is 4.74 Å². The highest BCUT2D eigenvalue weighted by Crippen LogP contribution is 2.19. The molecule has 0 spiro atoms. The molecule has 0 aromatic carbocycles. The Morgan fingerprint density at radius 3 is 2.85 bits per heavy atom. The third kappa shape index (κ3) is 2.90. The molecular weight excluding hydrogens is 166 g/mol. The van der Waals surface area contributed by atoms with Crippen LogP contribution in [0.1, 0.15) is 41.9 Å². The van der Waals surface area contributed by atoms with E-state index in [0.29, 0.717) is 0 Å². The number of hydrogen-bond acceptors (Lipinski definition) is 2. The summed E-state index contributed by atoms with van der Waals surface area (Å²) in [7, 11) is 0. The first kappa shape index (κ1) is 8.85. The van der Waals surface area contributed by atoms with Crippen LogP contribution < -0.4 is 0 Å². The predicted molar refractivity (Wildman–Crippen MR) is 51.6 cm³/mol. The molecule has 1 amide bonds. The van der Waals surface area contributed by atoms with Crippen molar-refractivity contribution in [1.29, 1.82) is 0 Å². The molecule has 0 bridgehead atoms. The first-order chi connectivity index (χ1) is 6.44. The molecule has 1 heterocycles. The van der Waals surface area contributed by atoms with Crippen molar-refractivity contribution in [3.63, 3.8) is 0 Å². The van der Waals surface area contributed by atoms with E-state index in [2.05, 4.69) is 0 Å². The molecule has 1 atom stereocenters. The SMILES string of the molecule is [2H]CC1CCCN1C(=O)OC(C)(C)C. The molecule has 1 unspecified atom stereocenters. The second kappa shape index (κ2) is 3.56. The van der Waals surface area contributed by atoms with Crippen molar-refractivity contribution in [3.05, 3.63) is 0 Å². The van der Waals surface area contributed by atoms with Crippen LogP contribution in [0.25, 0.3) is 0 Å². The molecule has 3 nitrogen and oxygen atoms in total. The van der Waals surface area contributed by atoms with Crippen LogP contribution in [0.4, 0.5) is 4.79 Å². The van der Waals surface area contributed by atoms with Gasteiger partial charge in [0.25, 0.3) is 0 Å². The van der Waals surface area contributed by atoms with Gasteiger partial charge in [0, 0.05) is 14.0 Å². The van der Waals surface area contributed by atoms with Gasteiger partial charge in [0.2, 0.25) is 0 Å². The summed E-state index contributed by atoms with van der Waals surface area (Å²) in [5, 5.41) is 0. The first-order valence-corrected chi connectivity index (χ1v) is 4.73. The van der Waals surface area contributed by atoms with Crippen LogP contribution in [0, 0.1) is 0 Å². The number of nitrogens with zero attached hydrogens (tertiary/aromatic N) is 1. The monoisotopic (exact) mass is 186 g/mol. The maximum atomic E-state index is 11.7. The highest BCUT2D eigenvalue weighted by molar-refractivity contribution is 5.68. The highest BCUT2D eigenvalue weighted by Gasteiger charge is 2.28. The van der Waals surface area contributed by atoms with Crippen LogP contribution in [0.5, 0.6) is 0 Å². The standard InChI is InChI=1S/C10H19NO2/c1-8-6-5-7-11(8)9(12)13-10(2,3)4/h8H,5-7H2,1-4H3/i1D. The quantitative estimate of drug-likeness (QED) is 0.581. The number of ether oxygens (including phenoxy) is 1. The summed E-state index contributed by atoms with van der Waals surface area (Å²) < 4.78 is 12.6. The van der Waals surface area contributed by atoms with Crippen molar-refractivity contribution in [2.45, 2.75) is 52.2 Å². The maximum Gasteiger partial charge on any atom is 0.410 e. The zero-order valence-corrected chi connectivity index (χ0v) is 8.67. The molecular formula is C10H19NO2. The van der Waals surface area contributed by atoms with Gasteiger partial charge in [0.15, 0.2) is 0 Å². The van der Waals surface area contributed by atoms with Crippen LogP contribution in [0.2, 0.25) is 0 Å². The van der Waals surface area contributed by atoms with E-state index < -0.39 is 5.60 Å². The van der Waals surface area contributed by atoms with Crippen LogP contribution in [0.3, 0.4) is 0 Å². The Kier molecular flexibility index (Phi) is 2.42. The average Bonchev–Trinajstić information content (AvgIpc) is 2.47. The maximum absolute atomic E-state index is 11.7. The van der Waals surface area contributed by atoms with E-state index in [1.54, 1.807) is 4.90 Å². The van der Waals surface area contributed by atoms with Gasteiger partial charge in [0.1, 0.15) is 5.60 Å². The summed E-state index contributed by atoms with van der Waals surface area (Å²) in [5.74, 6) is 0. The minimum Gasteiger partial charge on any atom is -0.444 e. The molecule has 0 aromatic rings. The van der Waals surface area contributed by atoms with Gasteiger partial charge >= 0.3 is 6.09 Å². The minimum atomic E-state index is -0.438. The number of amides is 1. The highest BCUT2D eigenvalue weighted by atomic mass is 16.6. The Hall–Kier alpha value is -0.730. The first-order valence-electron chi connectivity index (χ1n) is 5.43.